The molecule has 2 aliphatic heterocycles. The van der Waals surface area contributed by atoms with Crippen LogP contribution in [0.1, 0.15) is 17.5 Å². The predicted molar refractivity (Wildman–Crippen MR) is 64.9 cm³/mol. The summed E-state index contributed by atoms with van der Waals surface area (Å²) in [5, 5.41) is 0. The van der Waals surface area contributed by atoms with E-state index in [1.807, 2.05) is 19.2 Å². The number of nitrogens with zero attached hydrogens (tertiary/aromatic N) is 1. The first-order valence-corrected chi connectivity index (χ1v) is 5.87. The maximum Gasteiger partial charge on any atom is 0.227 e. The molecule has 2 aliphatic rings. The molecule has 0 aromatic heterocycles. The van der Waals surface area contributed by atoms with Gasteiger partial charge < -0.3 is 15.4 Å². The maximum atomic E-state index is 11.6. The zero-order valence-corrected chi connectivity index (χ0v) is 9.90. The van der Waals surface area contributed by atoms with Crippen molar-refractivity contribution in [2.45, 2.75) is 18.4 Å². The number of hydrogen-bond acceptors (Lipinski definition) is 3. The lowest BCUT2D eigenvalue weighted by atomic mass is 9.86. The van der Waals surface area contributed by atoms with Crippen LogP contribution in [0.25, 0.3) is 0 Å². The van der Waals surface area contributed by atoms with E-state index in [1.54, 1.807) is 4.90 Å². The molecule has 2 heterocycles. The molecule has 4 heteroatoms. The van der Waals surface area contributed by atoms with E-state index in [4.69, 9.17) is 10.5 Å². The Morgan fingerprint density at radius 2 is 2.12 bits per heavy atom. The lowest BCUT2D eigenvalue weighted by Gasteiger charge is -2.39. The Balaban J connectivity index is 2.00. The van der Waals surface area contributed by atoms with Crippen LogP contribution in [0, 0.1) is 0 Å². The van der Waals surface area contributed by atoms with Crippen LogP contribution in [0.4, 0.5) is 5.69 Å². The van der Waals surface area contributed by atoms with Crippen LogP contribution in [-0.2, 0) is 21.5 Å². The van der Waals surface area contributed by atoms with Crippen LogP contribution >= 0.6 is 0 Å². The largest absolute Gasteiger partial charge is 0.377 e. The Labute approximate surface area is 100 Å². The van der Waals surface area contributed by atoms with Crippen LogP contribution in [0.15, 0.2) is 18.2 Å². The number of benzene rings is 1. The Morgan fingerprint density at radius 3 is 2.76 bits per heavy atom. The lowest BCUT2D eigenvalue weighted by Crippen LogP contribution is -2.54. The second-order valence-corrected chi connectivity index (χ2v) is 4.95. The van der Waals surface area contributed by atoms with E-state index in [9.17, 15) is 4.79 Å². The Hall–Kier alpha value is -1.39. The molecule has 1 aromatic rings. The second-order valence-electron chi connectivity index (χ2n) is 4.95. The van der Waals surface area contributed by atoms with Crippen LogP contribution in [0.5, 0.6) is 0 Å². The molecule has 4 nitrogen and oxygen atoms in total. The first kappa shape index (κ1) is 10.7. The third kappa shape index (κ3) is 1.56. The number of anilines is 1. The van der Waals surface area contributed by atoms with Gasteiger partial charge in [0.2, 0.25) is 5.91 Å². The van der Waals surface area contributed by atoms with Gasteiger partial charge in [-0.3, -0.25) is 4.79 Å². The number of hydrogen-bond donors (Lipinski definition) is 1. The molecule has 0 bridgehead atoms. The molecule has 0 unspecified atom stereocenters. The summed E-state index contributed by atoms with van der Waals surface area (Å²) in [6.45, 7) is 1.17. The summed E-state index contributed by atoms with van der Waals surface area (Å²) in [6.07, 6.45) is 1.39. The first-order chi connectivity index (χ1) is 8.10. The number of carbonyl (C=O) groups is 1. The molecule has 3 rings (SSSR count). The van der Waals surface area contributed by atoms with Gasteiger partial charge in [-0.2, -0.15) is 0 Å². The number of ether oxygens (including phenoxy) is 1. The van der Waals surface area contributed by atoms with Crippen LogP contribution in [0.2, 0.25) is 0 Å². The van der Waals surface area contributed by atoms with Crippen LogP contribution in [0.3, 0.4) is 0 Å². The molecule has 1 amide bonds. The molecule has 0 spiro atoms. The highest BCUT2D eigenvalue weighted by atomic mass is 16.5. The van der Waals surface area contributed by atoms with E-state index < -0.39 is 0 Å². The van der Waals surface area contributed by atoms with Crippen LogP contribution in [-0.4, -0.2) is 26.2 Å². The number of amides is 1. The second kappa shape index (κ2) is 3.55. The van der Waals surface area contributed by atoms with Crippen LogP contribution < -0.4 is 10.6 Å². The number of carbonyl (C=O) groups excluding carboxylic acids is 1. The molecule has 2 N–H and O–H groups in total. The molecule has 17 heavy (non-hydrogen) atoms. The topological polar surface area (TPSA) is 55.6 Å². The quantitative estimate of drug-likeness (QED) is 0.778. The van der Waals surface area contributed by atoms with Crippen molar-refractivity contribution in [2.24, 2.45) is 5.73 Å². The fraction of sp³-hybridized carbons (Fsp3) is 0.462. The van der Waals surface area contributed by atoms with Gasteiger partial charge in [0.1, 0.15) is 0 Å². The first-order valence-electron chi connectivity index (χ1n) is 5.87. The summed E-state index contributed by atoms with van der Waals surface area (Å²) in [5.74, 6) is 0.180. The van der Waals surface area contributed by atoms with Gasteiger partial charge in [0.25, 0.3) is 0 Å². The van der Waals surface area contributed by atoms with Gasteiger partial charge in [-0.15, -0.1) is 0 Å². The number of aryl methyl sites for hydroxylation is 1. The van der Waals surface area contributed by atoms with E-state index in [-0.39, 0.29) is 11.4 Å². The molecule has 90 valence electrons. The van der Waals surface area contributed by atoms with Crippen molar-refractivity contribution in [3.63, 3.8) is 0 Å². The summed E-state index contributed by atoms with van der Waals surface area (Å²) in [7, 11) is 1.82. The minimum absolute atomic E-state index is 0.180. The van der Waals surface area contributed by atoms with E-state index in [1.165, 1.54) is 5.56 Å². The molecule has 0 aliphatic carbocycles. The fourth-order valence-corrected chi connectivity index (χ4v) is 2.45. The van der Waals surface area contributed by atoms with E-state index in [0.29, 0.717) is 19.6 Å². The fourth-order valence-electron chi connectivity index (χ4n) is 2.45. The van der Waals surface area contributed by atoms with Crippen molar-refractivity contribution < 1.29 is 9.53 Å². The number of fused-ring (bicyclic) bond motifs is 1. The van der Waals surface area contributed by atoms with E-state index in [2.05, 4.69) is 6.07 Å². The highest BCUT2D eigenvalue weighted by Crippen LogP contribution is 2.33. The Morgan fingerprint density at radius 1 is 1.35 bits per heavy atom. The Kier molecular flexibility index (Phi) is 2.24. The summed E-state index contributed by atoms with van der Waals surface area (Å²) in [4.78, 5) is 13.3. The van der Waals surface area contributed by atoms with Gasteiger partial charge in [0.15, 0.2) is 0 Å². The van der Waals surface area contributed by atoms with Crippen molar-refractivity contribution in [3.05, 3.63) is 29.3 Å². The number of rotatable bonds is 1. The summed E-state index contributed by atoms with van der Waals surface area (Å²) in [5.41, 5.74) is 9.22. The molecule has 1 fully saturated rings. The molecule has 0 radical (unpaired) electrons. The summed E-state index contributed by atoms with van der Waals surface area (Å²) < 4.78 is 5.18. The molecular weight excluding hydrogens is 216 g/mol. The SMILES string of the molecule is CN1C(=O)CCc2cc(C3(N)COC3)ccc21. The lowest BCUT2D eigenvalue weighted by molar-refractivity contribution is -0.118. The summed E-state index contributed by atoms with van der Waals surface area (Å²) >= 11 is 0. The standard InChI is InChI=1S/C13H16N2O2/c1-15-11-4-3-10(13(14)7-17-8-13)6-9(11)2-5-12(15)16/h3-4,6H,2,5,7-8,14H2,1H3. The molecular formula is C13H16N2O2. The van der Waals surface area contributed by atoms with Gasteiger partial charge in [0.05, 0.1) is 18.8 Å². The number of nitrogens with two attached hydrogens (primary N) is 1. The molecule has 1 saturated heterocycles. The van der Waals surface area contributed by atoms with E-state index in [0.717, 1.165) is 17.7 Å². The Bertz CT molecular complexity index is 480. The molecule has 0 saturated carbocycles. The monoisotopic (exact) mass is 232 g/mol. The maximum absolute atomic E-state index is 11.6. The van der Waals surface area contributed by atoms with Gasteiger partial charge in [0, 0.05) is 19.2 Å². The highest BCUT2D eigenvalue weighted by molar-refractivity contribution is 5.95. The van der Waals surface area contributed by atoms with Crippen molar-refractivity contribution in [1.29, 1.82) is 0 Å². The zero-order chi connectivity index (χ0) is 12.0. The molecule has 1 aromatic carbocycles. The van der Waals surface area contributed by atoms with Gasteiger partial charge in [-0.1, -0.05) is 12.1 Å². The van der Waals surface area contributed by atoms with Crippen molar-refractivity contribution in [3.8, 4) is 0 Å². The van der Waals surface area contributed by atoms with Gasteiger partial charge in [-0.05, 0) is 23.6 Å². The summed E-state index contributed by atoms with van der Waals surface area (Å²) in [6, 6.07) is 6.13. The minimum Gasteiger partial charge on any atom is -0.377 e. The van der Waals surface area contributed by atoms with Gasteiger partial charge >= 0.3 is 0 Å². The van der Waals surface area contributed by atoms with Gasteiger partial charge in [-0.25, -0.2) is 0 Å². The normalized spacial score (nSPS) is 22.0. The van der Waals surface area contributed by atoms with Crippen molar-refractivity contribution in [2.75, 3.05) is 25.2 Å². The third-order valence-corrected chi connectivity index (χ3v) is 3.72. The highest BCUT2D eigenvalue weighted by Gasteiger charge is 2.36. The smallest absolute Gasteiger partial charge is 0.227 e. The molecule has 0 atom stereocenters. The van der Waals surface area contributed by atoms with Crippen molar-refractivity contribution >= 4 is 11.6 Å². The van der Waals surface area contributed by atoms with E-state index >= 15 is 0 Å². The minimum atomic E-state index is -0.324. The third-order valence-electron chi connectivity index (χ3n) is 3.72. The van der Waals surface area contributed by atoms with Crippen molar-refractivity contribution in [1.82, 2.24) is 0 Å². The predicted octanol–water partition coefficient (Wildman–Crippen LogP) is 0.780. The average molecular weight is 232 g/mol. The average Bonchev–Trinajstić information content (AvgIpc) is 2.30. The zero-order valence-electron chi connectivity index (χ0n) is 9.90.